The number of methoxy groups -OCH3 is 1. The minimum absolute atomic E-state index is 0.325. The highest BCUT2D eigenvalue weighted by atomic mass is 35.5. The van der Waals surface area contributed by atoms with Crippen LogP contribution in [-0.2, 0) is 6.42 Å². The second kappa shape index (κ2) is 6.24. The van der Waals surface area contributed by atoms with E-state index in [0.717, 1.165) is 11.4 Å². The van der Waals surface area contributed by atoms with Gasteiger partial charge in [0.1, 0.15) is 6.33 Å². The van der Waals surface area contributed by atoms with Crippen molar-refractivity contribution in [3.05, 3.63) is 41.2 Å². The van der Waals surface area contributed by atoms with Crippen LogP contribution in [0.1, 0.15) is 5.56 Å². The molecule has 0 bridgehead atoms. The minimum atomic E-state index is 0.325. The van der Waals surface area contributed by atoms with Crippen molar-refractivity contribution >= 4 is 23.2 Å². The largest absolute Gasteiger partial charge is 0.490 e. The Balaban J connectivity index is 1.96. The van der Waals surface area contributed by atoms with Crippen molar-refractivity contribution in [1.82, 2.24) is 9.97 Å². The lowest BCUT2D eigenvalue weighted by Gasteiger charge is -2.10. The molecule has 0 aliphatic rings. The molecule has 0 unspecified atom stereocenters. The Labute approximate surface area is 116 Å². The normalized spacial score (nSPS) is 10.2. The van der Waals surface area contributed by atoms with E-state index in [1.807, 2.05) is 24.3 Å². The van der Waals surface area contributed by atoms with E-state index in [1.165, 1.54) is 11.9 Å². The number of halogens is 1. The van der Waals surface area contributed by atoms with Crippen LogP contribution < -0.4 is 15.8 Å². The zero-order valence-corrected chi connectivity index (χ0v) is 11.3. The lowest BCUT2D eigenvalue weighted by molar-refractivity contribution is 0.415. The number of rotatable bonds is 5. The van der Waals surface area contributed by atoms with Crippen molar-refractivity contribution < 1.29 is 4.74 Å². The molecule has 3 N–H and O–H groups in total. The summed E-state index contributed by atoms with van der Waals surface area (Å²) in [6.07, 6.45) is 2.26. The number of aromatic nitrogens is 2. The van der Waals surface area contributed by atoms with Crippen LogP contribution in [0.4, 0.5) is 11.6 Å². The highest BCUT2D eigenvalue weighted by Gasteiger charge is 2.08. The van der Waals surface area contributed by atoms with Gasteiger partial charge in [0.2, 0.25) is 5.75 Å². The zero-order chi connectivity index (χ0) is 13.7. The van der Waals surface area contributed by atoms with Crippen molar-refractivity contribution in [3.8, 4) is 5.75 Å². The van der Waals surface area contributed by atoms with Crippen LogP contribution in [0.25, 0.3) is 0 Å². The van der Waals surface area contributed by atoms with E-state index in [-0.39, 0.29) is 0 Å². The molecule has 0 fully saturated rings. The van der Waals surface area contributed by atoms with Crippen LogP contribution in [0.15, 0.2) is 30.6 Å². The molecule has 0 saturated heterocycles. The second-order valence-electron chi connectivity index (χ2n) is 3.94. The zero-order valence-electron chi connectivity index (χ0n) is 10.6. The summed E-state index contributed by atoms with van der Waals surface area (Å²) < 4.78 is 5.16. The molecule has 0 atom stereocenters. The van der Waals surface area contributed by atoms with Gasteiger partial charge in [-0.1, -0.05) is 23.7 Å². The Morgan fingerprint density at radius 1 is 1.26 bits per heavy atom. The quantitative estimate of drug-likeness (QED) is 0.878. The molecule has 1 heterocycles. The van der Waals surface area contributed by atoms with Crippen molar-refractivity contribution in [2.75, 3.05) is 24.7 Å². The predicted molar refractivity (Wildman–Crippen MR) is 76.6 cm³/mol. The number of nitrogens with two attached hydrogens (primary N) is 1. The fraction of sp³-hybridized carbons (Fsp3) is 0.231. The summed E-state index contributed by atoms with van der Waals surface area (Å²) in [5.74, 6) is 1.40. The van der Waals surface area contributed by atoms with Gasteiger partial charge in [-0.15, -0.1) is 0 Å². The summed E-state index contributed by atoms with van der Waals surface area (Å²) in [5.41, 5.74) is 6.89. The SMILES string of the molecule is COc1c(N)ncnc1NCCc1ccc(Cl)cc1. The molecular weight excluding hydrogens is 264 g/mol. The first-order chi connectivity index (χ1) is 9.20. The van der Waals surface area contributed by atoms with E-state index in [2.05, 4.69) is 15.3 Å². The van der Waals surface area contributed by atoms with Crippen LogP contribution in [0, 0.1) is 0 Å². The topological polar surface area (TPSA) is 73.1 Å². The third-order valence-electron chi connectivity index (χ3n) is 2.65. The van der Waals surface area contributed by atoms with Crippen LogP contribution in [-0.4, -0.2) is 23.6 Å². The average Bonchev–Trinajstić information content (AvgIpc) is 2.41. The molecule has 1 aromatic carbocycles. The van der Waals surface area contributed by atoms with Gasteiger partial charge in [0.05, 0.1) is 7.11 Å². The Morgan fingerprint density at radius 3 is 2.68 bits per heavy atom. The van der Waals surface area contributed by atoms with E-state index in [0.29, 0.717) is 23.9 Å². The number of hydrogen-bond acceptors (Lipinski definition) is 5. The Hall–Kier alpha value is -2.01. The number of nitrogens with zero attached hydrogens (tertiary/aromatic N) is 2. The third kappa shape index (κ3) is 3.48. The maximum atomic E-state index is 5.84. The maximum Gasteiger partial charge on any atom is 0.203 e. The van der Waals surface area contributed by atoms with Gasteiger partial charge in [-0.3, -0.25) is 0 Å². The van der Waals surface area contributed by atoms with Gasteiger partial charge < -0.3 is 15.8 Å². The van der Waals surface area contributed by atoms with Gasteiger partial charge in [-0.2, -0.15) is 0 Å². The third-order valence-corrected chi connectivity index (χ3v) is 2.91. The average molecular weight is 279 g/mol. The molecule has 0 aliphatic heterocycles. The molecule has 5 nitrogen and oxygen atoms in total. The first-order valence-electron chi connectivity index (χ1n) is 5.83. The van der Waals surface area contributed by atoms with Crippen molar-refractivity contribution in [2.45, 2.75) is 6.42 Å². The van der Waals surface area contributed by atoms with Gasteiger partial charge in [0.15, 0.2) is 11.6 Å². The van der Waals surface area contributed by atoms with Crippen molar-refractivity contribution in [1.29, 1.82) is 0 Å². The molecule has 2 rings (SSSR count). The van der Waals surface area contributed by atoms with E-state index in [9.17, 15) is 0 Å². The lowest BCUT2D eigenvalue weighted by Crippen LogP contribution is -2.09. The first kappa shape index (κ1) is 13.4. The molecule has 0 saturated carbocycles. The fourth-order valence-electron chi connectivity index (χ4n) is 1.69. The number of anilines is 2. The molecule has 1 aromatic heterocycles. The standard InChI is InChI=1S/C13H15ClN4O/c1-19-11-12(15)17-8-18-13(11)16-7-6-9-2-4-10(14)5-3-9/h2-5,8H,6-7H2,1H3,(H3,15,16,17,18). The number of benzene rings is 1. The van der Waals surface area contributed by atoms with E-state index >= 15 is 0 Å². The number of nitrogen functional groups attached to an aromatic ring is 1. The van der Waals surface area contributed by atoms with Gasteiger partial charge in [0.25, 0.3) is 0 Å². The Bertz CT molecular complexity index is 545. The van der Waals surface area contributed by atoms with Crippen LogP contribution in [0.3, 0.4) is 0 Å². The van der Waals surface area contributed by atoms with Gasteiger partial charge in [-0.05, 0) is 24.1 Å². The summed E-state index contributed by atoms with van der Waals surface area (Å²) in [4.78, 5) is 7.98. The summed E-state index contributed by atoms with van der Waals surface area (Å²) in [7, 11) is 1.54. The van der Waals surface area contributed by atoms with Gasteiger partial charge in [0, 0.05) is 11.6 Å². The van der Waals surface area contributed by atoms with E-state index < -0.39 is 0 Å². The summed E-state index contributed by atoms with van der Waals surface area (Å²) >= 11 is 5.84. The predicted octanol–water partition coefficient (Wildman–Crippen LogP) is 2.38. The fourth-order valence-corrected chi connectivity index (χ4v) is 1.82. The molecular formula is C13H15ClN4O. The Morgan fingerprint density at radius 2 is 2.00 bits per heavy atom. The summed E-state index contributed by atoms with van der Waals surface area (Å²) in [6, 6.07) is 7.74. The number of ether oxygens (including phenoxy) is 1. The number of hydrogen-bond donors (Lipinski definition) is 2. The highest BCUT2D eigenvalue weighted by Crippen LogP contribution is 2.25. The van der Waals surface area contributed by atoms with E-state index in [1.54, 1.807) is 7.11 Å². The number of nitrogens with one attached hydrogen (secondary N) is 1. The summed E-state index contributed by atoms with van der Waals surface area (Å²) in [5, 5.41) is 3.92. The highest BCUT2D eigenvalue weighted by molar-refractivity contribution is 6.30. The second-order valence-corrected chi connectivity index (χ2v) is 4.38. The molecule has 0 radical (unpaired) electrons. The molecule has 6 heteroatoms. The molecule has 2 aromatic rings. The smallest absolute Gasteiger partial charge is 0.203 e. The molecule has 0 amide bonds. The molecule has 19 heavy (non-hydrogen) atoms. The maximum absolute atomic E-state index is 5.84. The molecule has 0 aliphatic carbocycles. The first-order valence-corrected chi connectivity index (χ1v) is 6.21. The van der Waals surface area contributed by atoms with Gasteiger partial charge in [-0.25, -0.2) is 9.97 Å². The minimum Gasteiger partial charge on any atom is -0.490 e. The molecule has 100 valence electrons. The van der Waals surface area contributed by atoms with Crippen molar-refractivity contribution in [3.63, 3.8) is 0 Å². The lowest BCUT2D eigenvalue weighted by atomic mass is 10.1. The molecule has 0 spiro atoms. The van der Waals surface area contributed by atoms with Crippen LogP contribution in [0.5, 0.6) is 5.75 Å². The summed E-state index contributed by atoms with van der Waals surface area (Å²) in [6.45, 7) is 0.717. The monoisotopic (exact) mass is 278 g/mol. The van der Waals surface area contributed by atoms with Gasteiger partial charge >= 0.3 is 0 Å². The Kier molecular flexibility index (Phi) is 4.41. The van der Waals surface area contributed by atoms with Crippen molar-refractivity contribution in [2.24, 2.45) is 0 Å². The van der Waals surface area contributed by atoms with E-state index in [4.69, 9.17) is 22.1 Å². The van der Waals surface area contributed by atoms with Crippen LogP contribution in [0.2, 0.25) is 5.02 Å². The van der Waals surface area contributed by atoms with Crippen LogP contribution >= 0.6 is 11.6 Å².